The van der Waals surface area contributed by atoms with Crippen LogP contribution in [0.25, 0.3) is 0 Å². The Morgan fingerprint density at radius 2 is 1.80 bits per heavy atom. The molecule has 2 fully saturated rings. The average Bonchev–Trinajstić information content (AvgIpc) is 3.23. The van der Waals surface area contributed by atoms with Gasteiger partial charge >= 0.3 is 0 Å². The van der Waals surface area contributed by atoms with Crippen LogP contribution in [0.1, 0.15) is 52.9 Å². The van der Waals surface area contributed by atoms with Gasteiger partial charge in [0.05, 0.1) is 5.54 Å². The summed E-state index contributed by atoms with van der Waals surface area (Å²) >= 11 is 0. The van der Waals surface area contributed by atoms with Crippen LogP contribution in [0.4, 0.5) is 0 Å². The van der Waals surface area contributed by atoms with Crippen LogP contribution in [0.3, 0.4) is 0 Å². The van der Waals surface area contributed by atoms with E-state index in [1.807, 2.05) is 13.8 Å². The zero-order valence-electron chi connectivity index (χ0n) is 13.3. The molecule has 2 aliphatic carbocycles. The number of primary amides is 1. The molecule has 0 spiro atoms. The average molecular weight is 281 g/mol. The quantitative estimate of drug-likeness (QED) is 0.641. The summed E-state index contributed by atoms with van der Waals surface area (Å²) in [6, 6.07) is 0.410. The molecule has 0 aromatic carbocycles. The largest absolute Gasteiger partial charge is 0.368 e. The highest BCUT2D eigenvalue weighted by molar-refractivity contribution is 5.84. The molecular formula is C16H31N3O. The van der Waals surface area contributed by atoms with Crippen molar-refractivity contribution in [3.8, 4) is 0 Å². The lowest BCUT2D eigenvalue weighted by Gasteiger charge is -2.36. The van der Waals surface area contributed by atoms with E-state index >= 15 is 0 Å². The molecule has 3 N–H and O–H groups in total. The smallest absolute Gasteiger partial charge is 0.237 e. The second-order valence-electron chi connectivity index (χ2n) is 7.12. The number of nitrogens with one attached hydrogen (secondary N) is 1. The standard InChI is InChI=1S/C16H31N3O/c1-4-18-16(3,15(17)20)9-12(2)19(10-13-5-6-13)11-14-7-8-14/h12-14,18H,4-11H2,1-3H3,(H2,17,20). The SMILES string of the molecule is CCNC(C)(CC(C)N(CC1CC1)CC1CC1)C(N)=O. The van der Waals surface area contributed by atoms with Crippen LogP contribution in [0, 0.1) is 11.8 Å². The lowest BCUT2D eigenvalue weighted by Crippen LogP contribution is -2.56. The van der Waals surface area contributed by atoms with Gasteiger partial charge in [-0.05, 0) is 64.3 Å². The number of carbonyl (C=O) groups excluding carboxylic acids is 1. The minimum atomic E-state index is -0.584. The Morgan fingerprint density at radius 3 is 2.15 bits per heavy atom. The monoisotopic (exact) mass is 281 g/mol. The first-order chi connectivity index (χ1) is 9.44. The van der Waals surface area contributed by atoms with Gasteiger partial charge in [0, 0.05) is 19.1 Å². The molecule has 1 amide bonds. The Bertz CT molecular complexity index is 325. The minimum absolute atomic E-state index is 0.232. The Morgan fingerprint density at radius 1 is 1.30 bits per heavy atom. The zero-order chi connectivity index (χ0) is 14.8. The number of amides is 1. The third kappa shape index (κ3) is 4.45. The molecule has 20 heavy (non-hydrogen) atoms. The van der Waals surface area contributed by atoms with E-state index in [0.717, 1.165) is 24.8 Å². The van der Waals surface area contributed by atoms with Gasteiger partial charge in [0.1, 0.15) is 0 Å². The molecule has 2 aliphatic rings. The van der Waals surface area contributed by atoms with Crippen molar-refractivity contribution in [3.05, 3.63) is 0 Å². The molecule has 4 nitrogen and oxygen atoms in total. The van der Waals surface area contributed by atoms with Crippen molar-refractivity contribution in [3.63, 3.8) is 0 Å². The third-order valence-corrected chi connectivity index (χ3v) is 4.82. The summed E-state index contributed by atoms with van der Waals surface area (Å²) in [5, 5.41) is 3.28. The maximum absolute atomic E-state index is 11.8. The number of hydrogen-bond acceptors (Lipinski definition) is 3. The van der Waals surface area contributed by atoms with Gasteiger partial charge in [-0.25, -0.2) is 0 Å². The molecule has 0 saturated heterocycles. The van der Waals surface area contributed by atoms with Gasteiger partial charge in [0.15, 0.2) is 0 Å². The van der Waals surface area contributed by atoms with Crippen LogP contribution >= 0.6 is 0 Å². The van der Waals surface area contributed by atoms with E-state index in [1.54, 1.807) is 0 Å². The molecule has 0 aliphatic heterocycles. The lowest BCUT2D eigenvalue weighted by atomic mass is 9.91. The molecule has 2 atom stereocenters. The van der Waals surface area contributed by atoms with Gasteiger partial charge in [0.2, 0.25) is 5.91 Å². The van der Waals surface area contributed by atoms with E-state index in [1.165, 1.54) is 38.8 Å². The molecule has 116 valence electrons. The highest BCUT2D eigenvalue weighted by Crippen LogP contribution is 2.35. The molecule has 0 aromatic rings. The number of hydrogen-bond donors (Lipinski definition) is 2. The van der Waals surface area contributed by atoms with Crippen molar-refractivity contribution >= 4 is 5.91 Å². The Hall–Kier alpha value is -0.610. The molecule has 0 aromatic heterocycles. The van der Waals surface area contributed by atoms with Crippen LogP contribution < -0.4 is 11.1 Å². The van der Waals surface area contributed by atoms with Crippen LogP contribution in [0.5, 0.6) is 0 Å². The van der Waals surface area contributed by atoms with Gasteiger partial charge in [-0.1, -0.05) is 6.92 Å². The fraction of sp³-hybridized carbons (Fsp3) is 0.938. The molecule has 2 unspecified atom stereocenters. The highest BCUT2D eigenvalue weighted by atomic mass is 16.1. The molecule has 0 heterocycles. The fourth-order valence-electron chi connectivity index (χ4n) is 3.07. The number of likely N-dealkylation sites (N-methyl/N-ethyl adjacent to an activating group) is 1. The second kappa shape index (κ2) is 6.44. The molecule has 2 saturated carbocycles. The lowest BCUT2D eigenvalue weighted by molar-refractivity contribution is -0.124. The normalized spacial score (nSPS) is 23.6. The summed E-state index contributed by atoms with van der Waals surface area (Å²) in [7, 11) is 0. The van der Waals surface area contributed by atoms with Gasteiger partial charge in [-0.2, -0.15) is 0 Å². The number of nitrogens with zero attached hydrogens (tertiary/aromatic N) is 1. The van der Waals surface area contributed by atoms with Crippen LogP contribution in [0.2, 0.25) is 0 Å². The van der Waals surface area contributed by atoms with E-state index in [9.17, 15) is 4.79 Å². The molecule has 2 rings (SSSR count). The first kappa shape index (κ1) is 15.8. The maximum Gasteiger partial charge on any atom is 0.237 e. The maximum atomic E-state index is 11.8. The summed E-state index contributed by atoms with van der Waals surface area (Å²) in [5.41, 5.74) is 5.03. The van der Waals surface area contributed by atoms with Crippen molar-refractivity contribution in [2.75, 3.05) is 19.6 Å². The fourth-order valence-corrected chi connectivity index (χ4v) is 3.07. The van der Waals surface area contributed by atoms with Crippen LogP contribution in [-0.4, -0.2) is 42.0 Å². The van der Waals surface area contributed by atoms with Crippen molar-refractivity contribution in [1.82, 2.24) is 10.2 Å². The topological polar surface area (TPSA) is 58.4 Å². The summed E-state index contributed by atoms with van der Waals surface area (Å²) < 4.78 is 0. The van der Waals surface area contributed by atoms with Crippen LogP contribution in [0.15, 0.2) is 0 Å². The van der Waals surface area contributed by atoms with Gasteiger partial charge in [-0.3, -0.25) is 4.79 Å². The van der Waals surface area contributed by atoms with Crippen molar-refractivity contribution in [1.29, 1.82) is 0 Å². The number of carbonyl (C=O) groups is 1. The van der Waals surface area contributed by atoms with Crippen molar-refractivity contribution in [2.24, 2.45) is 17.6 Å². The zero-order valence-corrected chi connectivity index (χ0v) is 13.3. The van der Waals surface area contributed by atoms with E-state index in [2.05, 4.69) is 17.1 Å². The predicted molar refractivity (Wildman–Crippen MR) is 82.4 cm³/mol. The summed E-state index contributed by atoms with van der Waals surface area (Å²) in [5.74, 6) is 1.56. The van der Waals surface area contributed by atoms with E-state index in [4.69, 9.17) is 5.73 Å². The molecular weight excluding hydrogens is 250 g/mol. The minimum Gasteiger partial charge on any atom is -0.368 e. The molecule has 0 radical (unpaired) electrons. The third-order valence-electron chi connectivity index (χ3n) is 4.82. The van der Waals surface area contributed by atoms with E-state index in [-0.39, 0.29) is 5.91 Å². The first-order valence-corrected chi connectivity index (χ1v) is 8.23. The van der Waals surface area contributed by atoms with E-state index < -0.39 is 5.54 Å². The van der Waals surface area contributed by atoms with E-state index in [0.29, 0.717) is 6.04 Å². The predicted octanol–water partition coefficient (Wildman–Crippen LogP) is 1.74. The van der Waals surface area contributed by atoms with Gasteiger partial charge < -0.3 is 16.0 Å². The van der Waals surface area contributed by atoms with Crippen molar-refractivity contribution in [2.45, 2.75) is 64.5 Å². The summed E-state index contributed by atoms with van der Waals surface area (Å²) in [6.45, 7) is 9.41. The first-order valence-electron chi connectivity index (χ1n) is 8.23. The van der Waals surface area contributed by atoms with Gasteiger partial charge in [0.25, 0.3) is 0 Å². The Balaban J connectivity index is 1.93. The Kier molecular flexibility index (Phi) is 5.08. The highest BCUT2D eigenvalue weighted by Gasteiger charge is 2.36. The number of nitrogens with two attached hydrogens (primary N) is 1. The molecule has 4 heteroatoms. The van der Waals surface area contributed by atoms with Gasteiger partial charge in [-0.15, -0.1) is 0 Å². The molecule has 0 bridgehead atoms. The van der Waals surface area contributed by atoms with Crippen LogP contribution in [-0.2, 0) is 4.79 Å². The number of rotatable bonds is 10. The Labute approximate surface area is 123 Å². The summed E-state index contributed by atoms with van der Waals surface area (Å²) in [4.78, 5) is 14.4. The summed E-state index contributed by atoms with van der Waals surface area (Å²) in [6.07, 6.45) is 6.33. The second-order valence-corrected chi connectivity index (χ2v) is 7.12. The van der Waals surface area contributed by atoms with Crippen molar-refractivity contribution < 1.29 is 4.79 Å².